The van der Waals surface area contributed by atoms with Crippen LogP contribution in [0, 0.1) is 5.82 Å². The smallest absolute Gasteiger partial charge is 0.243 e. The Bertz CT molecular complexity index is 886. The summed E-state index contributed by atoms with van der Waals surface area (Å²) in [6.07, 6.45) is 0. The number of para-hydroxylation sites is 1. The number of carbonyl (C=O) groups excluding carboxylic acids is 1. The van der Waals surface area contributed by atoms with Crippen molar-refractivity contribution in [2.45, 2.75) is 0 Å². The van der Waals surface area contributed by atoms with Gasteiger partial charge in [0.25, 0.3) is 0 Å². The number of ether oxygens (including phenoxy) is 1. The molecule has 0 heterocycles. The van der Waals surface area contributed by atoms with Gasteiger partial charge in [0.1, 0.15) is 17.3 Å². The molecule has 0 saturated heterocycles. The minimum absolute atomic E-state index is 0.0686. The first-order valence-electron chi connectivity index (χ1n) is 7.92. The van der Waals surface area contributed by atoms with Gasteiger partial charge in [-0.25, -0.2) is 4.39 Å². The molecule has 0 aliphatic heterocycles. The molecule has 0 saturated carbocycles. The summed E-state index contributed by atoms with van der Waals surface area (Å²) in [5, 5.41) is 5.76. The number of benzene rings is 3. The van der Waals surface area contributed by atoms with E-state index in [0.717, 1.165) is 5.75 Å². The van der Waals surface area contributed by atoms with Crippen molar-refractivity contribution in [1.82, 2.24) is 0 Å². The van der Waals surface area contributed by atoms with Crippen molar-refractivity contribution >= 4 is 28.9 Å². The quantitative estimate of drug-likeness (QED) is 0.617. The third kappa shape index (κ3) is 4.97. The standard InChI is InChI=1S/C20H16ClFN2O2/c21-14-6-11-19(18(22)12-14)23-13-20(25)24-15-7-9-17(10-8-15)26-16-4-2-1-3-5-16/h1-12,23H,13H2,(H,24,25). The highest BCUT2D eigenvalue weighted by Gasteiger charge is 2.06. The molecule has 0 bridgehead atoms. The van der Waals surface area contributed by atoms with Crippen LogP contribution in [0.25, 0.3) is 0 Å². The van der Waals surface area contributed by atoms with Crippen LogP contribution >= 0.6 is 11.6 Å². The minimum Gasteiger partial charge on any atom is -0.457 e. The van der Waals surface area contributed by atoms with Gasteiger partial charge in [-0.1, -0.05) is 29.8 Å². The maximum atomic E-state index is 13.7. The van der Waals surface area contributed by atoms with Crippen molar-refractivity contribution < 1.29 is 13.9 Å². The maximum absolute atomic E-state index is 13.7. The molecule has 26 heavy (non-hydrogen) atoms. The van der Waals surface area contributed by atoms with Crippen molar-refractivity contribution in [2.24, 2.45) is 0 Å². The van der Waals surface area contributed by atoms with E-state index in [9.17, 15) is 9.18 Å². The molecule has 0 aliphatic carbocycles. The van der Waals surface area contributed by atoms with E-state index in [-0.39, 0.29) is 18.1 Å². The first kappa shape index (κ1) is 17.8. The van der Waals surface area contributed by atoms with E-state index in [2.05, 4.69) is 10.6 Å². The van der Waals surface area contributed by atoms with Crippen molar-refractivity contribution in [3.05, 3.63) is 83.6 Å². The zero-order valence-corrected chi connectivity index (χ0v) is 14.5. The fourth-order valence-electron chi connectivity index (χ4n) is 2.24. The van der Waals surface area contributed by atoms with Crippen LogP contribution in [0.3, 0.4) is 0 Å². The Hall–Kier alpha value is -3.05. The highest BCUT2D eigenvalue weighted by molar-refractivity contribution is 6.30. The molecule has 2 N–H and O–H groups in total. The van der Waals surface area contributed by atoms with Gasteiger partial charge in [0, 0.05) is 10.7 Å². The molecule has 3 rings (SSSR count). The Kier molecular flexibility index (Phi) is 5.71. The van der Waals surface area contributed by atoms with Crippen LogP contribution in [0.5, 0.6) is 11.5 Å². The number of halogens is 2. The van der Waals surface area contributed by atoms with Crippen LogP contribution in [0.2, 0.25) is 5.02 Å². The van der Waals surface area contributed by atoms with Gasteiger partial charge >= 0.3 is 0 Å². The van der Waals surface area contributed by atoms with Crippen molar-refractivity contribution in [3.63, 3.8) is 0 Å². The molecule has 0 spiro atoms. The van der Waals surface area contributed by atoms with Gasteiger partial charge in [0.15, 0.2) is 0 Å². The van der Waals surface area contributed by atoms with Crippen LogP contribution in [-0.2, 0) is 4.79 Å². The second-order valence-electron chi connectivity index (χ2n) is 5.47. The number of anilines is 2. The van der Waals surface area contributed by atoms with E-state index < -0.39 is 5.82 Å². The molecule has 4 nitrogen and oxygen atoms in total. The highest BCUT2D eigenvalue weighted by Crippen LogP contribution is 2.23. The monoisotopic (exact) mass is 370 g/mol. The molecule has 3 aromatic carbocycles. The van der Waals surface area contributed by atoms with Gasteiger partial charge in [0.05, 0.1) is 12.2 Å². The Morgan fingerprint density at radius 2 is 1.65 bits per heavy atom. The summed E-state index contributed by atoms with van der Waals surface area (Å²) in [7, 11) is 0. The molecule has 0 atom stereocenters. The molecule has 0 radical (unpaired) electrons. The molecule has 0 fully saturated rings. The zero-order chi connectivity index (χ0) is 18.4. The number of hydrogen-bond donors (Lipinski definition) is 2. The van der Waals surface area contributed by atoms with E-state index in [0.29, 0.717) is 16.5 Å². The van der Waals surface area contributed by atoms with Crippen LogP contribution in [-0.4, -0.2) is 12.5 Å². The molecular formula is C20H16ClFN2O2. The Balaban J connectivity index is 1.52. The topological polar surface area (TPSA) is 50.4 Å². The van der Waals surface area contributed by atoms with E-state index in [1.54, 1.807) is 30.3 Å². The fourth-order valence-corrected chi connectivity index (χ4v) is 2.40. The lowest BCUT2D eigenvalue weighted by Gasteiger charge is -2.10. The minimum atomic E-state index is -0.507. The van der Waals surface area contributed by atoms with Gasteiger partial charge < -0.3 is 15.4 Å². The number of amides is 1. The fraction of sp³-hybridized carbons (Fsp3) is 0.0500. The summed E-state index contributed by atoms with van der Waals surface area (Å²) < 4.78 is 19.3. The number of nitrogens with one attached hydrogen (secondary N) is 2. The highest BCUT2D eigenvalue weighted by atomic mass is 35.5. The van der Waals surface area contributed by atoms with Crippen LogP contribution in [0.15, 0.2) is 72.8 Å². The second kappa shape index (κ2) is 8.36. The lowest BCUT2D eigenvalue weighted by atomic mass is 10.3. The first-order chi connectivity index (χ1) is 12.6. The number of rotatable bonds is 6. The lowest BCUT2D eigenvalue weighted by molar-refractivity contribution is -0.114. The SMILES string of the molecule is O=C(CNc1ccc(Cl)cc1F)Nc1ccc(Oc2ccccc2)cc1. The van der Waals surface area contributed by atoms with Crippen molar-refractivity contribution in [1.29, 1.82) is 0 Å². The first-order valence-corrected chi connectivity index (χ1v) is 8.30. The molecule has 6 heteroatoms. The summed E-state index contributed by atoms with van der Waals surface area (Å²) in [6, 6.07) is 20.6. The van der Waals surface area contributed by atoms with E-state index in [1.165, 1.54) is 12.1 Å². The van der Waals surface area contributed by atoms with Gasteiger partial charge in [0.2, 0.25) is 5.91 Å². The number of hydrogen-bond acceptors (Lipinski definition) is 3. The summed E-state index contributed by atoms with van der Waals surface area (Å²) in [6.45, 7) is -0.0686. The average molecular weight is 371 g/mol. The lowest BCUT2D eigenvalue weighted by Crippen LogP contribution is -2.22. The summed E-state index contributed by atoms with van der Waals surface area (Å²) in [5.74, 6) is 0.595. The third-order valence-corrected chi connectivity index (χ3v) is 3.72. The molecule has 0 aromatic heterocycles. The Morgan fingerprint density at radius 1 is 0.962 bits per heavy atom. The van der Waals surface area contributed by atoms with E-state index >= 15 is 0 Å². The van der Waals surface area contributed by atoms with Gasteiger partial charge in [-0.2, -0.15) is 0 Å². The van der Waals surface area contributed by atoms with Crippen LogP contribution in [0.1, 0.15) is 0 Å². The molecule has 132 valence electrons. The third-order valence-electron chi connectivity index (χ3n) is 3.49. The summed E-state index contributed by atoms with van der Waals surface area (Å²) >= 11 is 5.69. The van der Waals surface area contributed by atoms with Gasteiger partial charge in [-0.15, -0.1) is 0 Å². The predicted octanol–water partition coefficient (Wildman–Crippen LogP) is 5.32. The normalized spacial score (nSPS) is 10.2. The molecule has 0 aliphatic rings. The second-order valence-corrected chi connectivity index (χ2v) is 5.90. The van der Waals surface area contributed by atoms with Crippen LogP contribution in [0.4, 0.5) is 15.8 Å². The summed E-state index contributed by atoms with van der Waals surface area (Å²) in [5.41, 5.74) is 0.838. The molecule has 3 aromatic rings. The van der Waals surface area contributed by atoms with E-state index in [4.69, 9.17) is 16.3 Å². The van der Waals surface area contributed by atoms with Gasteiger partial charge in [-0.05, 0) is 54.6 Å². The average Bonchev–Trinajstić information content (AvgIpc) is 2.63. The molecule has 0 unspecified atom stereocenters. The molecular weight excluding hydrogens is 355 g/mol. The van der Waals surface area contributed by atoms with Gasteiger partial charge in [-0.3, -0.25) is 4.79 Å². The van der Waals surface area contributed by atoms with Crippen LogP contribution < -0.4 is 15.4 Å². The predicted molar refractivity (Wildman–Crippen MR) is 101 cm³/mol. The Labute approximate surface area is 155 Å². The largest absolute Gasteiger partial charge is 0.457 e. The van der Waals surface area contributed by atoms with Crippen molar-refractivity contribution in [2.75, 3.05) is 17.2 Å². The maximum Gasteiger partial charge on any atom is 0.243 e. The van der Waals surface area contributed by atoms with Crippen molar-refractivity contribution in [3.8, 4) is 11.5 Å². The Morgan fingerprint density at radius 3 is 2.35 bits per heavy atom. The van der Waals surface area contributed by atoms with E-state index in [1.807, 2.05) is 30.3 Å². The number of carbonyl (C=O) groups is 1. The zero-order valence-electron chi connectivity index (χ0n) is 13.7. The molecule has 1 amide bonds. The summed E-state index contributed by atoms with van der Waals surface area (Å²) in [4.78, 5) is 12.0.